The molecule has 6 heteroatoms. The number of aromatic amines is 1. The van der Waals surface area contributed by atoms with Crippen molar-refractivity contribution < 1.29 is 9.72 Å². The van der Waals surface area contributed by atoms with Crippen LogP contribution in [0.2, 0.25) is 0 Å². The zero-order valence-corrected chi connectivity index (χ0v) is 9.69. The third-order valence-corrected chi connectivity index (χ3v) is 2.70. The summed E-state index contributed by atoms with van der Waals surface area (Å²) in [6.07, 6.45) is 1.52. The predicted octanol–water partition coefficient (Wildman–Crippen LogP) is 2.89. The Morgan fingerprint density at radius 3 is 2.82 bits per heavy atom. The van der Waals surface area contributed by atoms with Crippen LogP contribution in [0.3, 0.4) is 0 Å². The maximum absolute atomic E-state index is 11.8. The molecule has 0 bridgehead atoms. The maximum atomic E-state index is 11.8. The van der Waals surface area contributed by atoms with E-state index in [2.05, 4.69) is 4.98 Å². The van der Waals surface area contributed by atoms with Gasteiger partial charge in [-0.3, -0.25) is 14.9 Å². The third kappa shape index (κ3) is 2.01. The fourth-order valence-electron chi connectivity index (χ4n) is 1.64. The number of nitro groups is 1. The van der Waals surface area contributed by atoms with E-state index in [-0.39, 0.29) is 11.5 Å². The second kappa shape index (κ2) is 4.18. The van der Waals surface area contributed by atoms with Crippen molar-refractivity contribution in [3.8, 4) is 0 Å². The second-order valence-corrected chi connectivity index (χ2v) is 4.32. The normalized spacial score (nSPS) is 12.6. The molecule has 1 aromatic heterocycles. The van der Waals surface area contributed by atoms with E-state index in [0.29, 0.717) is 16.5 Å². The Labute approximate surface area is 102 Å². The lowest BCUT2D eigenvalue weighted by atomic mass is 10.1. The Bertz CT molecular complexity index is 604. The number of rotatable bonds is 3. The molecule has 88 valence electrons. The molecule has 0 saturated carbocycles. The minimum atomic E-state index is -0.659. The largest absolute Gasteiger partial charge is 0.360 e. The smallest absolute Gasteiger partial charge is 0.270 e. The number of Topliss-reactive ketones (excluding diaryl/α,β-unsaturated/α-hetero) is 1. The van der Waals surface area contributed by atoms with Gasteiger partial charge in [-0.15, -0.1) is 11.6 Å². The molecule has 1 N–H and O–H groups in total. The molecular weight excluding hydrogens is 244 g/mol. The van der Waals surface area contributed by atoms with Gasteiger partial charge in [-0.1, -0.05) is 0 Å². The summed E-state index contributed by atoms with van der Waals surface area (Å²) in [5.74, 6) is -0.251. The van der Waals surface area contributed by atoms with Crippen LogP contribution in [-0.4, -0.2) is 21.1 Å². The summed E-state index contributed by atoms with van der Waals surface area (Å²) in [7, 11) is 0. The second-order valence-electron chi connectivity index (χ2n) is 3.67. The van der Waals surface area contributed by atoms with Crippen LogP contribution in [0.15, 0.2) is 24.4 Å². The maximum Gasteiger partial charge on any atom is 0.270 e. The highest BCUT2D eigenvalue weighted by atomic mass is 35.5. The van der Waals surface area contributed by atoms with E-state index in [4.69, 9.17) is 11.6 Å². The molecule has 2 aromatic rings. The van der Waals surface area contributed by atoms with Gasteiger partial charge in [0.1, 0.15) is 0 Å². The molecule has 0 fully saturated rings. The number of alkyl halides is 1. The third-order valence-electron chi connectivity index (χ3n) is 2.50. The Kier molecular flexibility index (Phi) is 2.85. The van der Waals surface area contributed by atoms with Crippen LogP contribution in [0.4, 0.5) is 5.69 Å². The van der Waals surface area contributed by atoms with Crippen molar-refractivity contribution in [1.29, 1.82) is 0 Å². The van der Waals surface area contributed by atoms with E-state index in [1.54, 1.807) is 13.0 Å². The lowest BCUT2D eigenvalue weighted by Crippen LogP contribution is -2.09. The summed E-state index contributed by atoms with van der Waals surface area (Å²) in [5.41, 5.74) is 1.01. The van der Waals surface area contributed by atoms with E-state index in [1.807, 2.05) is 0 Å². The Hall–Kier alpha value is -1.88. The van der Waals surface area contributed by atoms with Gasteiger partial charge in [0.15, 0.2) is 5.78 Å². The van der Waals surface area contributed by atoms with Crippen molar-refractivity contribution in [3.05, 3.63) is 40.1 Å². The van der Waals surface area contributed by atoms with E-state index in [0.717, 1.165) is 0 Å². The molecule has 0 amide bonds. The molecule has 0 aliphatic rings. The Morgan fingerprint density at radius 2 is 2.24 bits per heavy atom. The van der Waals surface area contributed by atoms with Gasteiger partial charge in [0.05, 0.1) is 10.3 Å². The van der Waals surface area contributed by atoms with Crippen LogP contribution in [-0.2, 0) is 0 Å². The van der Waals surface area contributed by atoms with E-state index in [9.17, 15) is 14.9 Å². The number of H-pyrrole nitrogens is 1. The lowest BCUT2D eigenvalue weighted by molar-refractivity contribution is -0.384. The minimum absolute atomic E-state index is 0.0478. The summed E-state index contributed by atoms with van der Waals surface area (Å²) >= 11 is 5.73. The molecule has 0 radical (unpaired) electrons. The standard InChI is InChI=1S/C11H9ClN2O3/c1-6(12)11(15)9-5-13-10-3-2-7(14(16)17)4-8(9)10/h2-6,13H,1H3. The SMILES string of the molecule is CC(Cl)C(=O)c1c[nH]c2ccc([N+](=O)[O-])cc12. The number of hydrogen-bond donors (Lipinski definition) is 1. The number of aromatic nitrogens is 1. The number of nitrogens with zero attached hydrogens (tertiary/aromatic N) is 1. The first-order valence-corrected chi connectivity index (χ1v) is 5.38. The molecular formula is C11H9ClN2O3. The zero-order valence-electron chi connectivity index (χ0n) is 8.94. The number of ketones is 1. The molecule has 1 unspecified atom stereocenters. The summed E-state index contributed by atoms with van der Waals surface area (Å²) in [4.78, 5) is 24.8. The molecule has 2 rings (SSSR count). The van der Waals surface area contributed by atoms with E-state index >= 15 is 0 Å². The van der Waals surface area contributed by atoms with E-state index in [1.165, 1.54) is 18.3 Å². The van der Waals surface area contributed by atoms with E-state index < -0.39 is 10.3 Å². The highest BCUT2D eigenvalue weighted by Gasteiger charge is 2.18. The zero-order chi connectivity index (χ0) is 12.6. The van der Waals surface area contributed by atoms with Gasteiger partial charge in [-0.2, -0.15) is 0 Å². The van der Waals surface area contributed by atoms with Crippen LogP contribution < -0.4 is 0 Å². The van der Waals surface area contributed by atoms with Crippen molar-refractivity contribution in [1.82, 2.24) is 4.98 Å². The van der Waals surface area contributed by atoms with Crippen molar-refractivity contribution >= 4 is 34.0 Å². The van der Waals surface area contributed by atoms with Crippen LogP contribution in [0.5, 0.6) is 0 Å². The van der Waals surface area contributed by atoms with Crippen molar-refractivity contribution in [3.63, 3.8) is 0 Å². The van der Waals surface area contributed by atoms with Crippen LogP contribution in [0.1, 0.15) is 17.3 Å². The molecule has 5 nitrogen and oxygen atoms in total. The molecule has 1 aromatic carbocycles. The van der Waals surface area contributed by atoms with Gasteiger partial charge in [-0.05, 0) is 13.0 Å². The van der Waals surface area contributed by atoms with Gasteiger partial charge in [0, 0.05) is 34.8 Å². The summed E-state index contributed by atoms with van der Waals surface area (Å²) in [6.45, 7) is 1.57. The summed E-state index contributed by atoms with van der Waals surface area (Å²) < 4.78 is 0. The molecule has 1 atom stereocenters. The summed E-state index contributed by atoms with van der Waals surface area (Å²) in [5, 5.41) is 10.5. The van der Waals surface area contributed by atoms with Gasteiger partial charge in [0.2, 0.25) is 0 Å². The quantitative estimate of drug-likeness (QED) is 0.395. The van der Waals surface area contributed by atoms with Gasteiger partial charge in [-0.25, -0.2) is 0 Å². The number of nitro benzene ring substituents is 1. The Morgan fingerprint density at radius 1 is 1.53 bits per heavy atom. The number of carbonyl (C=O) groups excluding carboxylic acids is 1. The van der Waals surface area contributed by atoms with Crippen molar-refractivity contribution in [2.45, 2.75) is 12.3 Å². The first kappa shape index (κ1) is 11.6. The number of nitrogens with one attached hydrogen (secondary N) is 1. The van der Waals surface area contributed by atoms with Gasteiger partial charge >= 0.3 is 0 Å². The molecule has 0 spiro atoms. The molecule has 0 aliphatic heterocycles. The van der Waals surface area contributed by atoms with Crippen molar-refractivity contribution in [2.75, 3.05) is 0 Å². The number of halogens is 1. The predicted molar refractivity (Wildman–Crippen MR) is 64.6 cm³/mol. The molecule has 1 heterocycles. The van der Waals surface area contributed by atoms with Crippen LogP contribution >= 0.6 is 11.6 Å². The number of benzene rings is 1. The van der Waals surface area contributed by atoms with Crippen LogP contribution in [0.25, 0.3) is 10.9 Å². The highest BCUT2D eigenvalue weighted by molar-refractivity contribution is 6.35. The van der Waals surface area contributed by atoms with Gasteiger partial charge < -0.3 is 4.98 Å². The van der Waals surface area contributed by atoms with Crippen LogP contribution in [0, 0.1) is 10.1 Å². The average Bonchev–Trinajstić information content (AvgIpc) is 2.70. The minimum Gasteiger partial charge on any atom is -0.360 e. The average molecular weight is 253 g/mol. The first-order chi connectivity index (χ1) is 8.00. The fraction of sp³-hybridized carbons (Fsp3) is 0.182. The lowest BCUT2D eigenvalue weighted by Gasteiger charge is -2.00. The highest BCUT2D eigenvalue weighted by Crippen LogP contribution is 2.25. The molecule has 0 aliphatic carbocycles. The van der Waals surface area contributed by atoms with Crippen molar-refractivity contribution in [2.24, 2.45) is 0 Å². The molecule has 0 saturated heterocycles. The number of hydrogen-bond acceptors (Lipinski definition) is 3. The number of carbonyl (C=O) groups is 1. The topological polar surface area (TPSA) is 76.0 Å². The Balaban J connectivity index is 2.62. The van der Waals surface area contributed by atoms with Gasteiger partial charge in [0.25, 0.3) is 5.69 Å². The number of non-ortho nitro benzene ring substituents is 1. The fourth-order valence-corrected chi connectivity index (χ4v) is 1.76. The molecule has 17 heavy (non-hydrogen) atoms. The summed E-state index contributed by atoms with van der Waals surface area (Å²) in [6, 6.07) is 4.33. The number of fused-ring (bicyclic) bond motifs is 1. The first-order valence-electron chi connectivity index (χ1n) is 4.94. The monoisotopic (exact) mass is 252 g/mol.